The number of piperidine rings is 1. The van der Waals surface area contributed by atoms with Gasteiger partial charge in [0.2, 0.25) is 0 Å². The highest BCUT2D eigenvalue weighted by atomic mass is 16.5. The van der Waals surface area contributed by atoms with Crippen molar-refractivity contribution in [3.63, 3.8) is 0 Å². The number of hydrogen-bond acceptors (Lipinski definition) is 5. The van der Waals surface area contributed by atoms with Crippen LogP contribution in [0.5, 0.6) is 0 Å². The van der Waals surface area contributed by atoms with Crippen molar-refractivity contribution in [2.75, 3.05) is 19.7 Å². The van der Waals surface area contributed by atoms with E-state index in [0.29, 0.717) is 36.6 Å². The molecule has 0 unspecified atom stereocenters. The number of likely N-dealkylation sites (tertiary alicyclic amines) is 1. The number of carbonyl (C=O) groups is 2. The Morgan fingerprint density at radius 2 is 2.14 bits per heavy atom. The molecule has 1 aliphatic rings. The van der Waals surface area contributed by atoms with Crippen LogP contribution in [0.4, 0.5) is 0 Å². The molecule has 0 spiro atoms. The normalized spacial score (nSPS) is 18.4. The summed E-state index contributed by atoms with van der Waals surface area (Å²) in [5.74, 6) is -0.519. The maximum atomic E-state index is 12.6. The van der Waals surface area contributed by atoms with E-state index >= 15 is 0 Å². The van der Waals surface area contributed by atoms with Crippen LogP contribution in [0.15, 0.2) is 6.07 Å². The van der Waals surface area contributed by atoms with E-state index in [-0.39, 0.29) is 17.8 Å². The minimum absolute atomic E-state index is 0.0838. The van der Waals surface area contributed by atoms with Crippen LogP contribution in [-0.4, -0.2) is 46.7 Å². The molecule has 1 atom stereocenters. The van der Waals surface area contributed by atoms with Gasteiger partial charge in [0.1, 0.15) is 0 Å². The van der Waals surface area contributed by atoms with Crippen LogP contribution in [0.25, 0.3) is 0 Å². The molecule has 0 aliphatic carbocycles. The Morgan fingerprint density at radius 3 is 2.86 bits per heavy atom. The highest BCUT2D eigenvalue weighted by molar-refractivity contribution is 5.95. The van der Waals surface area contributed by atoms with Gasteiger partial charge in [-0.2, -0.15) is 10.2 Å². The van der Waals surface area contributed by atoms with Crippen molar-refractivity contribution in [3.8, 4) is 0 Å². The third kappa shape index (κ3) is 3.56. The summed E-state index contributed by atoms with van der Waals surface area (Å²) in [6.45, 7) is 6.82. The number of aromatic nitrogens is 2. The number of amides is 1. The summed E-state index contributed by atoms with van der Waals surface area (Å²) in [6, 6.07) is 1.75. The number of ether oxygens (including phenoxy) is 1. The van der Waals surface area contributed by atoms with Crippen molar-refractivity contribution < 1.29 is 14.3 Å². The number of carbonyl (C=O) groups excluding carboxylic acids is 2. The monoisotopic (exact) mass is 291 g/mol. The fraction of sp³-hybridized carbons (Fsp3) is 0.600. The largest absolute Gasteiger partial charge is 0.466 e. The van der Waals surface area contributed by atoms with Gasteiger partial charge in [0.05, 0.1) is 29.5 Å². The quantitative estimate of drug-likeness (QED) is 0.789. The van der Waals surface area contributed by atoms with Crippen molar-refractivity contribution in [2.45, 2.75) is 33.6 Å². The van der Waals surface area contributed by atoms with Crippen LogP contribution in [0.3, 0.4) is 0 Å². The molecule has 0 aromatic carbocycles. The van der Waals surface area contributed by atoms with Gasteiger partial charge in [-0.3, -0.25) is 9.59 Å². The molecule has 0 saturated carbocycles. The second-order valence-electron chi connectivity index (χ2n) is 5.33. The van der Waals surface area contributed by atoms with E-state index in [0.717, 1.165) is 12.8 Å². The summed E-state index contributed by atoms with van der Waals surface area (Å²) in [4.78, 5) is 26.2. The number of rotatable bonds is 3. The molecule has 2 heterocycles. The van der Waals surface area contributed by atoms with Gasteiger partial charge in [-0.1, -0.05) is 0 Å². The van der Waals surface area contributed by atoms with Gasteiger partial charge < -0.3 is 9.64 Å². The second-order valence-corrected chi connectivity index (χ2v) is 5.33. The minimum Gasteiger partial charge on any atom is -0.466 e. The molecule has 1 aromatic rings. The molecule has 21 heavy (non-hydrogen) atoms. The molecule has 1 aliphatic heterocycles. The lowest BCUT2D eigenvalue weighted by Crippen LogP contribution is -2.43. The van der Waals surface area contributed by atoms with Gasteiger partial charge in [0.25, 0.3) is 5.91 Å². The fourth-order valence-corrected chi connectivity index (χ4v) is 2.55. The fourth-order valence-electron chi connectivity index (χ4n) is 2.55. The molecule has 6 nitrogen and oxygen atoms in total. The SMILES string of the molecule is CCOC(=O)[C@H]1CCCN(C(=O)c2cc(C)nnc2C)C1. The first kappa shape index (κ1) is 15.4. The van der Waals surface area contributed by atoms with Gasteiger partial charge in [-0.15, -0.1) is 0 Å². The number of hydrogen-bond donors (Lipinski definition) is 0. The highest BCUT2D eigenvalue weighted by Gasteiger charge is 2.30. The summed E-state index contributed by atoms with van der Waals surface area (Å²) >= 11 is 0. The zero-order valence-corrected chi connectivity index (χ0v) is 12.8. The second kappa shape index (κ2) is 6.65. The zero-order chi connectivity index (χ0) is 15.4. The molecule has 0 N–H and O–H groups in total. The first-order valence-corrected chi connectivity index (χ1v) is 7.29. The summed E-state index contributed by atoms with van der Waals surface area (Å²) < 4.78 is 5.06. The van der Waals surface area contributed by atoms with E-state index in [2.05, 4.69) is 10.2 Å². The Balaban J connectivity index is 2.12. The standard InChI is InChI=1S/C15H21N3O3/c1-4-21-15(20)12-6-5-7-18(9-12)14(19)13-8-10(2)16-17-11(13)3/h8,12H,4-7,9H2,1-3H3/t12-/m0/s1. The summed E-state index contributed by atoms with van der Waals surface area (Å²) in [5.41, 5.74) is 1.89. The van der Waals surface area contributed by atoms with Crippen LogP contribution in [-0.2, 0) is 9.53 Å². The zero-order valence-electron chi connectivity index (χ0n) is 12.8. The van der Waals surface area contributed by atoms with Gasteiger partial charge in [-0.25, -0.2) is 0 Å². The third-order valence-electron chi connectivity index (χ3n) is 3.66. The first-order chi connectivity index (χ1) is 10.0. The predicted molar refractivity (Wildman–Crippen MR) is 76.8 cm³/mol. The van der Waals surface area contributed by atoms with Crippen LogP contribution < -0.4 is 0 Å². The molecule has 1 amide bonds. The first-order valence-electron chi connectivity index (χ1n) is 7.29. The number of aryl methyl sites for hydroxylation is 2. The Bertz CT molecular complexity index is 545. The van der Waals surface area contributed by atoms with Crippen molar-refractivity contribution in [3.05, 3.63) is 23.0 Å². The molecule has 114 valence electrons. The topological polar surface area (TPSA) is 72.4 Å². The van der Waals surface area contributed by atoms with Gasteiger partial charge >= 0.3 is 5.97 Å². The molecule has 0 radical (unpaired) electrons. The lowest BCUT2D eigenvalue weighted by Gasteiger charge is -2.31. The Morgan fingerprint density at radius 1 is 1.38 bits per heavy atom. The molecule has 0 bridgehead atoms. The van der Waals surface area contributed by atoms with E-state index in [9.17, 15) is 9.59 Å². The lowest BCUT2D eigenvalue weighted by molar-refractivity contribution is -0.149. The number of esters is 1. The molecule has 1 aromatic heterocycles. The summed E-state index contributed by atoms with van der Waals surface area (Å²) in [7, 11) is 0. The molecule has 2 rings (SSSR count). The predicted octanol–water partition coefficient (Wildman–Crippen LogP) is 1.51. The van der Waals surface area contributed by atoms with E-state index in [1.807, 2.05) is 0 Å². The van der Waals surface area contributed by atoms with Gasteiger partial charge in [0, 0.05) is 13.1 Å². The summed E-state index contributed by atoms with van der Waals surface area (Å²) in [5, 5.41) is 7.93. The van der Waals surface area contributed by atoms with E-state index in [1.54, 1.807) is 31.7 Å². The van der Waals surface area contributed by atoms with Crippen molar-refractivity contribution in [1.29, 1.82) is 0 Å². The Labute approximate surface area is 124 Å². The van der Waals surface area contributed by atoms with Crippen LogP contribution in [0.1, 0.15) is 41.5 Å². The Hall–Kier alpha value is -1.98. The van der Waals surface area contributed by atoms with Crippen LogP contribution >= 0.6 is 0 Å². The summed E-state index contributed by atoms with van der Waals surface area (Å²) in [6.07, 6.45) is 1.58. The molecule has 1 saturated heterocycles. The highest BCUT2D eigenvalue weighted by Crippen LogP contribution is 2.20. The minimum atomic E-state index is -0.223. The molecule has 1 fully saturated rings. The van der Waals surface area contributed by atoms with E-state index in [4.69, 9.17) is 4.74 Å². The Kier molecular flexibility index (Phi) is 4.88. The van der Waals surface area contributed by atoms with Gasteiger partial charge in [0.15, 0.2) is 0 Å². The number of nitrogens with zero attached hydrogens (tertiary/aromatic N) is 3. The lowest BCUT2D eigenvalue weighted by atomic mass is 9.97. The van der Waals surface area contributed by atoms with E-state index < -0.39 is 0 Å². The van der Waals surface area contributed by atoms with Gasteiger partial charge in [-0.05, 0) is 39.7 Å². The molecule has 6 heteroatoms. The van der Waals surface area contributed by atoms with E-state index in [1.165, 1.54) is 0 Å². The van der Waals surface area contributed by atoms with Crippen molar-refractivity contribution >= 4 is 11.9 Å². The van der Waals surface area contributed by atoms with Crippen molar-refractivity contribution in [2.24, 2.45) is 5.92 Å². The molecular weight excluding hydrogens is 270 g/mol. The molecular formula is C15H21N3O3. The maximum absolute atomic E-state index is 12.6. The average Bonchev–Trinajstić information content (AvgIpc) is 2.49. The van der Waals surface area contributed by atoms with Crippen molar-refractivity contribution in [1.82, 2.24) is 15.1 Å². The smallest absolute Gasteiger partial charge is 0.310 e. The third-order valence-corrected chi connectivity index (χ3v) is 3.66. The van der Waals surface area contributed by atoms with Crippen LogP contribution in [0.2, 0.25) is 0 Å². The average molecular weight is 291 g/mol. The maximum Gasteiger partial charge on any atom is 0.310 e. The van der Waals surface area contributed by atoms with Crippen LogP contribution in [0, 0.1) is 19.8 Å².